The Kier molecular flexibility index (Phi) is 5.64. The van der Waals surface area contributed by atoms with E-state index in [1.54, 1.807) is 11.3 Å². The molecular weight excluding hydrogens is 316 g/mol. The Morgan fingerprint density at radius 2 is 2.17 bits per heavy atom. The molecule has 2 aromatic rings. The fourth-order valence-electron chi connectivity index (χ4n) is 2.83. The normalized spacial score (nSPS) is 15.3. The molecule has 126 valence electrons. The third-order valence-electron chi connectivity index (χ3n) is 4.04. The highest BCUT2D eigenvalue weighted by molar-refractivity contribution is 7.11. The van der Waals surface area contributed by atoms with Gasteiger partial charge in [-0.1, -0.05) is 36.4 Å². The van der Waals surface area contributed by atoms with Crippen molar-refractivity contribution in [2.75, 3.05) is 19.6 Å². The second-order valence-electron chi connectivity index (χ2n) is 5.81. The quantitative estimate of drug-likeness (QED) is 0.681. The Bertz CT molecular complexity index is 718. The van der Waals surface area contributed by atoms with Crippen molar-refractivity contribution in [1.82, 2.24) is 15.2 Å². The number of thiazole rings is 1. The van der Waals surface area contributed by atoms with E-state index in [4.69, 9.17) is 4.99 Å². The first-order chi connectivity index (χ1) is 11.8. The summed E-state index contributed by atoms with van der Waals surface area (Å²) < 4.78 is 0. The van der Waals surface area contributed by atoms with Crippen LogP contribution in [0.15, 0.2) is 47.6 Å². The molecule has 24 heavy (non-hydrogen) atoms. The Labute approximate surface area is 148 Å². The number of hydrogen-bond donors (Lipinski definition) is 1. The molecule has 1 aromatic heterocycles. The van der Waals surface area contributed by atoms with Crippen molar-refractivity contribution in [3.63, 3.8) is 0 Å². The lowest BCUT2D eigenvalue weighted by Crippen LogP contribution is -2.43. The van der Waals surface area contributed by atoms with Gasteiger partial charge < -0.3 is 10.2 Å². The lowest BCUT2D eigenvalue weighted by Gasteiger charge is -2.29. The molecule has 1 aliphatic rings. The first kappa shape index (κ1) is 16.7. The van der Waals surface area contributed by atoms with Crippen molar-refractivity contribution in [3.8, 4) is 0 Å². The largest absolute Gasteiger partial charge is 0.356 e. The van der Waals surface area contributed by atoms with Gasteiger partial charge in [-0.25, -0.2) is 9.98 Å². The lowest BCUT2D eigenvalue weighted by molar-refractivity contribution is 0.440. The third-order valence-corrected chi connectivity index (χ3v) is 4.94. The van der Waals surface area contributed by atoms with Gasteiger partial charge in [-0.2, -0.15) is 0 Å². The maximum Gasteiger partial charge on any atom is 0.194 e. The van der Waals surface area contributed by atoms with Crippen LogP contribution >= 0.6 is 11.3 Å². The number of guanidine groups is 1. The van der Waals surface area contributed by atoms with Crippen LogP contribution in [-0.4, -0.2) is 35.5 Å². The summed E-state index contributed by atoms with van der Waals surface area (Å²) in [5.74, 6) is 0.993. The van der Waals surface area contributed by atoms with Crippen LogP contribution in [0.2, 0.25) is 0 Å². The number of nitrogens with one attached hydrogen (secondary N) is 1. The Morgan fingerprint density at radius 1 is 1.33 bits per heavy atom. The maximum atomic E-state index is 4.79. The molecule has 0 fully saturated rings. The summed E-state index contributed by atoms with van der Waals surface area (Å²) in [6, 6.07) is 10.6. The van der Waals surface area contributed by atoms with Gasteiger partial charge in [0.05, 0.1) is 11.6 Å². The summed E-state index contributed by atoms with van der Waals surface area (Å²) in [7, 11) is 0. The SMILES string of the molecule is CCNC(=NCc1cnc(C)s1)N1CC=C(c2ccccc2)CC1. The maximum absolute atomic E-state index is 4.79. The lowest BCUT2D eigenvalue weighted by atomic mass is 10.00. The van der Waals surface area contributed by atoms with Crippen molar-refractivity contribution in [2.45, 2.75) is 26.8 Å². The van der Waals surface area contributed by atoms with E-state index < -0.39 is 0 Å². The van der Waals surface area contributed by atoms with E-state index in [0.29, 0.717) is 6.54 Å². The first-order valence-corrected chi connectivity index (χ1v) is 9.27. The zero-order valence-corrected chi connectivity index (χ0v) is 15.1. The van der Waals surface area contributed by atoms with Crippen molar-refractivity contribution in [2.24, 2.45) is 4.99 Å². The standard InChI is InChI=1S/C19H24N4S/c1-3-20-19(22-14-18-13-21-15(2)24-18)23-11-9-17(10-12-23)16-7-5-4-6-8-16/h4-9,13H,3,10-12,14H2,1-2H3,(H,20,22). The molecule has 0 spiro atoms. The summed E-state index contributed by atoms with van der Waals surface area (Å²) in [6.45, 7) is 7.61. The number of nitrogens with zero attached hydrogens (tertiary/aromatic N) is 3. The molecule has 3 rings (SSSR count). The van der Waals surface area contributed by atoms with E-state index >= 15 is 0 Å². The van der Waals surface area contributed by atoms with E-state index in [2.05, 4.69) is 58.5 Å². The average Bonchev–Trinajstić information content (AvgIpc) is 3.05. The average molecular weight is 340 g/mol. The van der Waals surface area contributed by atoms with Crippen molar-refractivity contribution < 1.29 is 0 Å². The number of rotatable bonds is 4. The zero-order chi connectivity index (χ0) is 16.8. The molecule has 0 saturated heterocycles. The van der Waals surface area contributed by atoms with E-state index in [-0.39, 0.29) is 0 Å². The predicted molar refractivity (Wildman–Crippen MR) is 102 cm³/mol. The van der Waals surface area contributed by atoms with Gasteiger partial charge in [0, 0.05) is 30.7 Å². The molecule has 1 aromatic carbocycles. The van der Waals surface area contributed by atoms with Gasteiger partial charge in [-0.05, 0) is 31.4 Å². The van der Waals surface area contributed by atoms with E-state index in [1.807, 2.05) is 13.1 Å². The van der Waals surface area contributed by atoms with Crippen LogP contribution in [0.1, 0.15) is 28.8 Å². The van der Waals surface area contributed by atoms with Crippen LogP contribution in [0.25, 0.3) is 5.57 Å². The van der Waals surface area contributed by atoms with Gasteiger partial charge in [0.1, 0.15) is 0 Å². The molecule has 0 amide bonds. The summed E-state index contributed by atoms with van der Waals surface area (Å²) in [4.78, 5) is 12.6. The van der Waals surface area contributed by atoms with Gasteiger partial charge in [0.2, 0.25) is 0 Å². The fraction of sp³-hybridized carbons (Fsp3) is 0.368. The summed E-state index contributed by atoms with van der Waals surface area (Å²) >= 11 is 1.72. The summed E-state index contributed by atoms with van der Waals surface area (Å²) in [5, 5.41) is 4.51. The highest BCUT2D eigenvalue weighted by Crippen LogP contribution is 2.22. The van der Waals surface area contributed by atoms with E-state index in [0.717, 1.165) is 37.0 Å². The molecule has 2 heterocycles. The number of aliphatic imine (C=N–C) groups is 1. The number of aryl methyl sites for hydroxylation is 1. The van der Waals surface area contributed by atoms with Crippen molar-refractivity contribution in [1.29, 1.82) is 0 Å². The molecule has 0 radical (unpaired) electrons. The Balaban J connectivity index is 1.68. The highest BCUT2D eigenvalue weighted by Gasteiger charge is 2.16. The van der Waals surface area contributed by atoms with Gasteiger partial charge in [0.25, 0.3) is 0 Å². The summed E-state index contributed by atoms with van der Waals surface area (Å²) in [5.41, 5.74) is 2.76. The van der Waals surface area contributed by atoms with Gasteiger partial charge in [-0.3, -0.25) is 0 Å². The molecule has 1 N–H and O–H groups in total. The molecule has 1 aliphatic heterocycles. The minimum absolute atomic E-state index is 0.694. The van der Waals surface area contributed by atoms with Gasteiger partial charge >= 0.3 is 0 Å². The third kappa shape index (κ3) is 4.23. The fourth-order valence-corrected chi connectivity index (χ4v) is 3.55. The molecule has 5 heteroatoms. The highest BCUT2D eigenvalue weighted by atomic mass is 32.1. The number of benzene rings is 1. The van der Waals surface area contributed by atoms with Crippen molar-refractivity contribution in [3.05, 3.63) is 58.1 Å². The first-order valence-electron chi connectivity index (χ1n) is 8.45. The smallest absolute Gasteiger partial charge is 0.194 e. The predicted octanol–water partition coefficient (Wildman–Crippen LogP) is 3.71. The zero-order valence-electron chi connectivity index (χ0n) is 14.3. The van der Waals surface area contributed by atoms with E-state index in [1.165, 1.54) is 16.0 Å². The topological polar surface area (TPSA) is 40.5 Å². The molecule has 0 atom stereocenters. The van der Waals surface area contributed by atoms with E-state index in [9.17, 15) is 0 Å². The number of hydrogen-bond acceptors (Lipinski definition) is 3. The van der Waals surface area contributed by atoms with Crippen LogP contribution in [0.4, 0.5) is 0 Å². The Hall–Kier alpha value is -2.14. The van der Waals surface area contributed by atoms with Crippen LogP contribution < -0.4 is 5.32 Å². The van der Waals surface area contributed by atoms with Crippen LogP contribution in [-0.2, 0) is 6.54 Å². The van der Waals surface area contributed by atoms with Crippen LogP contribution in [0.5, 0.6) is 0 Å². The van der Waals surface area contributed by atoms with Crippen LogP contribution in [0, 0.1) is 6.92 Å². The van der Waals surface area contributed by atoms with Gasteiger partial charge in [0.15, 0.2) is 5.96 Å². The van der Waals surface area contributed by atoms with Crippen molar-refractivity contribution >= 4 is 22.9 Å². The molecule has 0 bridgehead atoms. The molecule has 0 saturated carbocycles. The van der Waals surface area contributed by atoms with Gasteiger partial charge in [-0.15, -0.1) is 11.3 Å². The molecule has 4 nitrogen and oxygen atoms in total. The molecule has 0 aliphatic carbocycles. The molecular formula is C19H24N4S. The Morgan fingerprint density at radius 3 is 2.79 bits per heavy atom. The molecule has 0 unspecified atom stereocenters. The monoisotopic (exact) mass is 340 g/mol. The minimum Gasteiger partial charge on any atom is -0.356 e. The number of aromatic nitrogens is 1. The summed E-state index contributed by atoms with van der Waals surface area (Å²) in [6.07, 6.45) is 5.30. The second-order valence-corrected chi connectivity index (χ2v) is 7.13. The van der Waals surface area contributed by atoms with Crippen LogP contribution in [0.3, 0.4) is 0 Å². The second kappa shape index (κ2) is 8.11. The minimum atomic E-state index is 0.694.